The molecule has 0 aliphatic carbocycles. The van der Waals surface area contributed by atoms with E-state index in [2.05, 4.69) is 107 Å². The van der Waals surface area contributed by atoms with Gasteiger partial charge in [-0.3, -0.25) is 0 Å². The number of benzene rings is 8. The Morgan fingerprint density at radius 1 is 0.357 bits per heavy atom. The first-order valence-electron chi connectivity index (χ1n) is 18.6. The van der Waals surface area contributed by atoms with Gasteiger partial charge in [0.1, 0.15) is 23.0 Å². The van der Waals surface area contributed by atoms with Crippen molar-refractivity contribution in [3.8, 4) is 34.1 Å². The average Bonchev–Trinajstić information content (AvgIpc) is 3.24. The van der Waals surface area contributed by atoms with Crippen molar-refractivity contribution in [1.82, 2.24) is 0 Å². The van der Waals surface area contributed by atoms with Crippen molar-refractivity contribution in [3.05, 3.63) is 212 Å². The summed E-state index contributed by atoms with van der Waals surface area (Å²) in [6, 6.07) is 69.5. The number of nitrogens with zero attached hydrogens (tertiary/aromatic N) is 2. The highest BCUT2D eigenvalue weighted by Gasteiger charge is 2.16. The van der Waals surface area contributed by atoms with Gasteiger partial charge < -0.3 is 30.7 Å². The molecule has 0 saturated heterocycles. The maximum Gasteiger partial charge on any atom is 0.127 e. The van der Waals surface area contributed by atoms with Gasteiger partial charge in [-0.1, -0.05) is 72.8 Å². The second-order valence-electron chi connectivity index (χ2n) is 13.6. The van der Waals surface area contributed by atoms with Crippen LogP contribution in [0.1, 0.15) is 18.5 Å². The van der Waals surface area contributed by atoms with Crippen LogP contribution in [-0.2, 0) is 0 Å². The smallest absolute Gasteiger partial charge is 0.127 e. The van der Waals surface area contributed by atoms with E-state index in [0.717, 1.165) is 73.8 Å². The molecule has 0 radical (unpaired) electrons. The molecule has 8 rings (SSSR count). The summed E-state index contributed by atoms with van der Waals surface area (Å²) in [5.74, 6) is 3.14. The molecule has 274 valence electrons. The molecule has 0 aliphatic heterocycles. The summed E-state index contributed by atoms with van der Waals surface area (Å²) in [6.45, 7) is 2.00. The van der Waals surface area contributed by atoms with E-state index < -0.39 is 0 Å². The Hall–Kier alpha value is -7.28. The maximum atomic E-state index is 6.19. The van der Waals surface area contributed by atoms with E-state index in [9.17, 15) is 0 Å². The minimum atomic E-state index is -0.0452. The number of anilines is 7. The number of rotatable bonds is 12. The lowest BCUT2D eigenvalue weighted by atomic mass is 10.0. The molecule has 6 heteroatoms. The van der Waals surface area contributed by atoms with Crippen LogP contribution in [0.5, 0.6) is 23.0 Å². The summed E-state index contributed by atoms with van der Waals surface area (Å²) in [4.78, 5) is 4.45. The fraction of sp³-hybridized carbons (Fsp3) is 0.0400. The van der Waals surface area contributed by atoms with E-state index in [4.69, 9.17) is 20.9 Å². The molecule has 0 amide bonds. The summed E-state index contributed by atoms with van der Waals surface area (Å²) in [5.41, 5.74) is 22.4. The second-order valence-corrected chi connectivity index (χ2v) is 13.6. The maximum absolute atomic E-state index is 6.19. The lowest BCUT2D eigenvalue weighted by Gasteiger charge is -2.26. The van der Waals surface area contributed by atoms with E-state index in [1.165, 1.54) is 0 Å². The fourth-order valence-corrected chi connectivity index (χ4v) is 6.63. The predicted octanol–water partition coefficient (Wildman–Crippen LogP) is 13.5. The molecule has 6 nitrogen and oxygen atoms in total. The molecule has 0 spiro atoms. The van der Waals surface area contributed by atoms with Crippen molar-refractivity contribution >= 4 is 39.8 Å². The van der Waals surface area contributed by atoms with Crippen molar-refractivity contribution in [2.24, 2.45) is 5.73 Å². The normalized spacial score (nSPS) is 11.4. The number of nitrogen functional groups attached to an aromatic ring is 1. The highest BCUT2D eigenvalue weighted by Crippen LogP contribution is 2.39. The summed E-state index contributed by atoms with van der Waals surface area (Å²) in [6.07, 6.45) is 0. The minimum Gasteiger partial charge on any atom is -0.457 e. The van der Waals surface area contributed by atoms with Crippen LogP contribution >= 0.6 is 0 Å². The third kappa shape index (κ3) is 8.26. The lowest BCUT2D eigenvalue weighted by molar-refractivity contribution is 0.482. The minimum absolute atomic E-state index is 0.0452. The molecular formula is C50H42N4O2. The van der Waals surface area contributed by atoms with Gasteiger partial charge in [0.25, 0.3) is 0 Å². The molecule has 0 aromatic heterocycles. The molecule has 0 heterocycles. The first kappa shape index (κ1) is 35.7. The average molecular weight is 731 g/mol. The van der Waals surface area contributed by atoms with Gasteiger partial charge in [-0.2, -0.15) is 0 Å². The van der Waals surface area contributed by atoms with Gasteiger partial charge in [0.15, 0.2) is 0 Å². The zero-order valence-corrected chi connectivity index (χ0v) is 31.1. The molecule has 4 N–H and O–H groups in total. The zero-order chi connectivity index (χ0) is 38.3. The summed E-state index contributed by atoms with van der Waals surface area (Å²) in [5, 5.41) is 0. The fourth-order valence-electron chi connectivity index (χ4n) is 6.63. The van der Waals surface area contributed by atoms with Gasteiger partial charge in [-0.05, 0) is 157 Å². The number of nitrogens with two attached hydrogens (primary N) is 2. The Bertz CT molecular complexity index is 2450. The van der Waals surface area contributed by atoms with Gasteiger partial charge in [0, 0.05) is 45.9 Å². The van der Waals surface area contributed by atoms with Crippen LogP contribution in [-0.4, -0.2) is 0 Å². The standard InChI is InChI=1S/C50H42N4O2/c1-36(51)37-12-20-41(21-13-37)53(45-28-32-49(33-29-45)55-47-8-4-2-5-9-47)42-22-14-38(15-23-42)39-16-24-43(25-17-39)54(44-26-18-40(52)19-27-44)46-30-34-50(35-31-46)56-48-10-6-3-7-11-48/h2-36H,51-52H2,1H3. The van der Waals surface area contributed by atoms with Crippen LogP contribution in [0.15, 0.2) is 206 Å². The largest absolute Gasteiger partial charge is 0.457 e. The SMILES string of the molecule is CC(N)c1ccc(N(c2ccc(Oc3ccccc3)cc2)c2ccc(-c3ccc(N(c4ccc(N)cc4)c4ccc(Oc5ccccc5)cc4)cc3)cc2)cc1. The van der Waals surface area contributed by atoms with Crippen LogP contribution < -0.4 is 30.7 Å². The van der Waals surface area contributed by atoms with Crippen LogP contribution in [0.25, 0.3) is 11.1 Å². The van der Waals surface area contributed by atoms with Crippen molar-refractivity contribution < 1.29 is 9.47 Å². The molecule has 8 aromatic rings. The molecule has 1 unspecified atom stereocenters. The molecule has 0 fully saturated rings. The Morgan fingerprint density at radius 2 is 0.643 bits per heavy atom. The summed E-state index contributed by atoms with van der Waals surface area (Å²) >= 11 is 0. The van der Waals surface area contributed by atoms with E-state index in [1.807, 2.05) is 116 Å². The first-order chi connectivity index (χ1) is 27.5. The van der Waals surface area contributed by atoms with Crippen LogP contribution in [0.4, 0.5) is 39.8 Å². The number of hydrogen-bond donors (Lipinski definition) is 2. The summed E-state index contributed by atoms with van der Waals surface area (Å²) < 4.78 is 12.2. The van der Waals surface area contributed by atoms with Crippen LogP contribution in [0, 0.1) is 0 Å². The number of hydrogen-bond acceptors (Lipinski definition) is 6. The Morgan fingerprint density at radius 3 is 0.982 bits per heavy atom. The highest BCUT2D eigenvalue weighted by molar-refractivity contribution is 5.81. The predicted molar refractivity (Wildman–Crippen MR) is 231 cm³/mol. The van der Waals surface area contributed by atoms with Gasteiger partial charge in [0.05, 0.1) is 0 Å². The first-order valence-corrected chi connectivity index (χ1v) is 18.6. The van der Waals surface area contributed by atoms with E-state index in [0.29, 0.717) is 5.69 Å². The molecule has 8 aromatic carbocycles. The van der Waals surface area contributed by atoms with Crippen LogP contribution in [0.3, 0.4) is 0 Å². The van der Waals surface area contributed by atoms with Crippen molar-refractivity contribution in [3.63, 3.8) is 0 Å². The Kier molecular flexibility index (Phi) is 10.5. The quantitative estimate of drug-likeness (QED) is 0.122. The monoisotopic (exact) mass is 730 g/mol. The zero-order valence-electron chi connectivity index (χ0n) is 31.1. The third-order valence-corrected chi connectivity index (χ3v) is 9.56. The van der Waals surface area contributed by atoms with Crippen molar-refractivity contribution in [1.29, 1.82) is 0 Å². The molecule has 0 bridgehead atoms. The number of ether oxygens (including phenoxy) is 2. The molecule has 0 saturated carbocycles. The van der Waals surface area contributed by atoms with E-state index >= 15 is 0 Å². The summed E-state index contributed by atoms with van der Waals surface area (Å²) in [7, 11) is 0. The van der Waals surface area contributed by atoms with Gasteiger partial charge in [-0.25, -0.2) is 0 Å². The highest BCUT2D eigenvalue weighted by atomic mass is 16.5. The van der Waals surface area contributed by atoms with Crippen molar-refractivity contribution in [2.45, 2.75) is 13.0 Å². The van der Waals surface area contributed by atoms with E-state index in [-0.39, 0.29) is 6.04 Å². The van der Waals surface area contributed by atoms with Gasteiger partial charge >= 0.3 is 0 Å². The van der Waals surface area contributed by atoms with Gasteiger partial charge in [0.2, 0.25) is 0 Å². The number of para-hydroxylation sites is 2. The molecular weight excluding hydrogens is 689 g/mol. The topological polar surface area (TPSA) is 77.0 Å². The Balaban J connectivity index is 1.06. The molecule has 1 atom stereocenters. The Labute approximate surface area is 328 Å². The lowest BCUT2D eigenvalue weighted by Crippen LogP contribution is -2.11. The van der Waals surface area contributed by atoms with E-state index in [1.54, 1.807) is 0 Å². The molecule has 56 heavy (non-hydrogen) atoms. The van der Waals surface area contributed by atoms with Crippen LogP contribution in [0.2, 0.25) is 0 Å². The van der Waals surface area contributed by atoms with Gasteiger partial charge in [-0.15, -0.1) is 0 Å². The third-order valence-electron chi connectivity index (χ3n) is 9.56. The second kappa shape index (κ2) is 16.4. The molecule has 0 aliphatic rings. The van der Waals surface area contributed by atoms with Crippen molar-refractivity contribution in [2.75, 3.05) is 15.5 Å².